The van der Waals surface area contributed by atoms with E-state index >= 15 is 0 Å². The van der Waals surface area contributed by atoms with E-state index in [9.17, 15) is 9.59 Å². The minimum atomic E-state index is -0.338. The molecule has 0 radical (unpaired) electrons. The third-order valence-corrected chi connectivity index (χ3v) is 5.67. The molecule has 9 nitrogen and oxygen atoms in total. The van der Waals surface area contributed by atoms with Crippen LogP contribution in [-0.4, -0.2) is 45.4 Å². The molecule has 4 aromatic rings. The van der Waals surface area contributed by atoms with Crippen molar-refractivity contribution < 1.29 is 14.3 Å². The summed E-state index contributed by atoms with van der Waals surface area (Å²) in [6.07, 6.45) is 1.34. The van der Waals surface area contributed by atoms with Crippen molar-refractivity contribution in [2.45, 2.75) is 12.1 Å². The summed E-state index contributed by atoms with van der Waals surface area (Å²) < 4.78 is 12.3. The third kappa shape index (κ3) is 4.30. The molecule has 1 amide bonds. The van der Waals surface area contributed by atoms with E-state index in [1.165, 1.54) is 25.2 Å². The molecule has 0 aliphatic carbocycles. The second-order valence-corrected chi connectivity index (χ2v) is 7.81. The number of amides is 1. The number of nitrogens with one attached hydrogen (secondary N) is 2. The fourth-order valence-corrected chi connectivity index (χ4v) is 3.93. The van der Waals surface area contributed by atoms with Crippen LogP contribution in [0.5, 0.6) is 11.5 Å². The topological polar surface area (TPSA) is 111 Å². The van der Waals surface area contributed by atoms with Gasteiger partial charge >= 0.3 is 0 Å². The SMILES string of the molecule is COc1ccc(NC(=O)CSc2nc3c(=O)[nH]cnc3n2-c2ccc(C)cc2)c(OC)c1. The highest BCUT2D eigenvalue weighted by Crippen LogP contribution is 2.30. The predicted molar refractivity (Wildman–Crippen MR) is 123 cm³/mol. The molecule has 0 unspecified atom stereocenters. The molecule has 2 N–H and O–H groups in total. The van der Waals surface area contributed by atoms with Crippen LogP contribution in [0.25, 0.3) is 16.9 Å². The summed E-state index contributed by atoms with van der Waals surface area (Å²) in [5.74, 6) is 0.939. The van der Waals surface area contributed by atoms with E-state index in [-0.39, 0.29) is 22.7 Å². The maximum atomic E-state index is 12.6. The Morgan fingerprint density at radius 3 is 2.66 bits per heavy atom. The minimum Gasteiger partial charge on any atom is -0.497 e. The van der Waals surface area contributed by atoms with Gasteiger partial charge in [-0.25, -0.2) is 9.97 Å². The van der Waals surface area contributed by atoms with Gasteiger partial charge in [0.05, 0.1) is 32.0 Å². The molecule has 32 heavy (non-hydrogen) atoms. The van der Waals surface area contributed by atoms with Gasteiger partial charge in [-0.1, -0.05) is 29.5 Å². The number of H-pyrrole nitrogens is 1. The van der Waals surface area contributed by atoms with E-state index in [2.05, 4.69) is 20.3 Å². The predicted octanol–water partition coefficient (Wildman–Crippen LogP) is 3.17. The Hall–Kier alpha value is -3.79. The third-order valence-electron chi connectivity index (χ3n) is 4.73. The van der Waals surface area contributed by atoms with E-state index in [1.54, 1.807) is 29.9 Å². The van der Waals surface area contributed by atoms with E-state index in [0.717, 1.165) is 11.3 Å². The maximum absolute atomic E-state index is 12.6. The number of ether oxygens (including phenoxy) is 2. The van der Waals surface area contributed by atoms with Gasteiger partial charge in [-0.2, -0.15) is 0 Å². The van der Waals surface area contributed by atoms with Gasteiger partial charge in [-0.05, 0) is 31.2 Å². The number of benzene rings is 2. The molecule has 10 heteroatoms. The number of methoxy groups -OCH3 is 2. The molecular formula is C22H21N5O4S. The van der Waals surface area contributed by atoms with Crippen molar-refractivity contribution in [3.63, 3.8) is 0 Å². The molecule has 2 aromatic heterocycles. The first-order valence-corrected chi connectivity index (χ1v) is 10.7. The molecule has 0 atom stereocenters. The van der Waals surface area contributed by atoms with Crippen LogP contribution in [0.4, 0.5) is 5.69 Å². The first-order chi connectivity index (χ1) is 15.5. The summed E-state index contributed by atoms with van der Waals surface area (Å²) in [7, 11) is 3.08. The lowest BCUT2D eigenvalue weighted by Gasteiger charge is -2.12. The number of fused-ring (bicyclic) bond motifs is 1. The second kappa shape index (κ2) is 9.15. The van der Waals surface area contributed by atoms with Crippen LogP contribution in [0.1, 0.15) is 5.56 Å². The number of aromatic nitrogens is 4. The Kier molecular flexibility index (Phi) is 6.13. The van der Waals surface area contributed by atoms with Gasteiger partial charge in [-0.15, -0.1) is 0 Å². The number of carbonyl (C=O) groups is 1. The first-order valence-electron chi connectivity index (χ1n) is 9.68. The average Bonchev–Trinajstić information content (AvgIpc) is 3.18. The van der Waals surface area contributed by atoms with E-state index in [1.807, 2.05) is 31.2 Å². The van der Waals surface area contributed by atoms with Gasteiger partial charge in [0.1, 0.15) is 11.5 Å². The number of aromatic amines is 1. The van der Waals surface area contributed by atoms with Gasteiger partial charge in [0.25, 0.3) is 5.56 Å². The van der Waals surface area contributed by atoms with Gasteiger partial charge < -0.3 is 19.8 Å². The van der Waals surface area contributed by atoms with Gasteiger partial charge in [0, 0.05) is 11.8 Å². The number of hydrogen-bond acceptors (Lipinski definition) is 7. The Balaban J connectivity index is 1.60. The van der Waals surface area contributed by atoms with Crippen molar-refractivity contribution in [3.05, 3.63) is 64.7 Å². The molecule has 0 aliphatic rings. The zero-order valence-corrected chi connectivity index (χ0v) is 18.5. The lowest BCUT2D eigenvalue weighted by molar-refractivity contribution is -0.113. The summed E-state index contributed by atoms with van der Waals surface area (Å²) in [4.78, 5) is 36.2. The molecule has 0 saturated carbocycles. The lowest BCUT2D eigenvalue weighted by atomic mass is 10.2. The lowest BCUT2D eigenvalue weighted by Crippen LogP contribution is -2.15. The van der Waals surface area contributed by atoms with Crippen molar-refractivity contribution in [2.24, 2.45) is 0 Å². The monoisotopic (exact) mass is 451 g/mol. The molecule has 4 rings (SSSR count). The quantitative estimate of drug-likeness (QED) is 0.415. The minimum absolute atomic E-state index is 0.0717. The van der Waals surface area contributed by atoms with Gasteiger partial charge in [-0.3, -0.25) is 14.2 Å². The molecular weight excluding hydrogens is 430 g/mol. The number of imidazole rings is 1. The standard InChI is InChI=1S/C22H21N5O4S/c1-13-4-6-14(7-5-13)27-20-19(21(29)24-12-23-20)26-22(27)32-11-18(28)25-16-9-8-15(30-2)10-17(16)31-3/h4-10,12H,11H2,1-3H3,(H,25,28)(H,23,24,29). The molecule has 2 heterocycles. The number of aryl methyl sites for hydroxylation is 1. The first kappa shape index (κ1) is 21.4. The maximum Gasteiger partial charge on any atom is 0.278 e. The number of hydrogen-bond donors (Lipinski definition) is 2. The normalized spacial score (nSPS) is 10.8. The van der Waals surface area contributed by atoms with E-state index in [0.29, 0.717) is 28.0 Å². The average molecular weight is 452 g/mol. The van der Waals surface area contributed by atoms with Crippen LogP contribution < -0.4 is 20.3 Å². The van der Waals surface area contributed by atoms with Crippen LogP contribution in [0.3, 0.4) is 0 Å². The van der Waals surface area contributed by atoms with Crippen LogP contribution in [-0.2, 0) is 4.79 Å². The molecule has 0 bridgehead atoms. The van der Waals surface area contributed by atoms with E-state index in [4.69, 9.17) is 9.47 Å². The number of thioether (sulfide) groups is 1. The molecule has 0 saturated heterocycles. The van der Waals surface area contributed by atoms with Crippen molar-refractivity contribution in [2.75, 3.05) is 25.3 Å². The highest BCUT2D eigenvalue weighted by atomic mass is 32.2. The van der Waals surface area contributed by atoms with Gasteiger partial charge in [0.15, 0.2) is 16.3 Å². The Morgan fingerprint density at radius 1 is 1.16 bits per heavy atom. The fourth-order valence-electron chi connectivity index (χ4n) is 3.13. The van der Waals surface area contributed by atoms with Crippen molar-refractivity contribution in [1.82, 2.24) is 19.5 Å². The smallest absolute Gasteiger partial charge is 0.278 e. The summed E-state index contributed by atoms with van der Waals surface area (Å²) in [6, 6.07) is 12.9. The highest BCUT2D eigenvalue weighted by Gasteiger charge is 2.18. The molecule has 164 valence electrons. The summed E-state index contributed by atoms with van der Waals surface area (Å²) in [5.41, 5.74) is 2.74. The second-order valence-electron chi connectivity index (χ2n) is 6.87. The number of rotatable bonds is 7. The van der Waals surface area contributed by atoms with Crippen molar-refractivity contribution in [3.8, 4) is 17.2 Å². The number of carbonyl (C=O) groups excluding carboxylic acids is 1. The molecule has 0 spiro atoms. The van der Waals surface area contributed by atoms with Crippen LogP contribution in [0.2, 0.25) is 0 Å². The van der Waals surface area contributed by atoms with Crippen LogP contribution in [0, 0.1) is 6.92 Å². The van der Waals surface area contributed by atoms with E-state index < -0.39 is 0 Å². The zero-order valence-electron chi connectivity index (χ0n) is 17.7. The Bertz CT molecular complexity index is 1330. The molecule has 0 fully saturated rings. The van der Waals surface area contributed by atoms with Gasteiger partial charge in [0.2, 0.25) is 5.91 Å². The summed E-state index contributed by atoms with van der Waals surface area (Å²) >= 11 is 1.21. The summed E-state index contributed by atoms with van der Waals surface area (Å²) in [5, 5.41) is 3.32. The molecule has 0 aliphatic heterocycles. The fraction of sp³-hybridized carbons (Fsp3) is 0.182. The Labute approximate surface area is 187 Å². The van der Waals surface area contributed by atoms with Crippen molar-refractivity contribution >= 4 is 34.5 Å². The largest absolute Gasteiger partial charge is 0.497 e. The number of nitrogens with zero attached hydrogens (tertiary/aromatic N) is 3. The zero-order chi connectivity index (χ0) is 22.7. The highest BCUT2D eigenvalue weighted by molar-refractivity contribution is 7.99. The summed E-state index contributed by atoms with van der Waals surface area (Å²) in [6.45, 7) is 1.99. The number of anilines is 1. The van der Waals surface area contributed by atoms with Crippen molar-refractivity contribution in [1.29, 1.82) is 0 Å². The molecule has 2 aromatic carbocycles. The Morgan fingerprint density at radius 2 is 1.94 bits per heavy atom. The van der Waals surface area contributed by atoms with Crippen LogP contribution >= 0.6 is 11.8 Å². The van der Waals surface area contributed by atoms with Crippen LogP contribution in [0.15, 0.2) is 58.7 Å².